The van der Waals surface area contributed by atoms with Gasteiger partial charge in [-0.3, -0.25) is 4.79 Å². The molecule has 0 saturated heterocycles. The van der Waals surface area contributed by atoms with Crippen molar-refractivity contribution in [3.05, 3.63) is 29.8 Å². The second-order valence-electron chi connectivity index (χ2n) is 6.71. The zero-order chi connectivity index (χ0) is 16.0. The van der Waals surface area contributed by atoms with E-state index in [-0.39, 0.29) is 17.5 Å². The van der Waals surface area contributed by atoms with Crippen LogP contribution in [-0.4, -0.2) is 32.1 Å². The van der Waals surface area contributed by atoms with Crippen LogP contribution in [0.25, 0.3) is 0 Å². The summed E-state index contributed by atoms with van der Waals surface area (Å²) < 4.78 is 0. The SMILES string of the molecule is CC(NCCC(=O)NC(C)(C)C)c1ccc(N(C)C)cc1. The molecule has 0 aliphatic rings. The maximum Gasteiger partial charge on any atom is 0.221 e. The zero-order valence-electron chi connectivity index (χ0n) is 14.2. The molecule has 0 radical (unpaired) electrons. The molecule has 0 spiro atoms. The monoisotopic (exact) mass is 291 g/mol. The Morgan fingerprint density at radius 1 is 1.19 bits per heavy atom. The number of carbonyl (C=O) groups excluding carboxylic acids is 1. The van der Waals surface area contributed by atoms with E-state index in [1.165, 1.54) is 11.3 Å². The van der Waals surface area contributed by atoms with Crippen molar-refractivity contribution < 1.29 is 4.79 Å². The molecule has 21 heavy (non-hydrogen) atoms. The van der Waals surface area contributed by atoms with Gasteiger partial charge in [-0.05, 0) is 45.4 Å². The highest BCUT2D eigenvalue weighted by atomic mass is 16.1. The smallest absolute Gasteiger partial charge is 0.221 e. The van der Waals surface area contributed by atoms with Gasteiger partial charge in [-0.1, -0.05) is 12.1 Å². The molecule has 0 heterocycles. The predicted octanol–water partition coefficient (Wildman–Crippen LogP) is 2.71. The Balaban J connectivity index is 2.40. The number of hydrogen-bond acceptors (Lipinski definition) is 3. The van der Waals surface area contributed by atoms with Crippen molar-refractivity contribution in [1.82, 2.24) is 10.6 Å². The van der Waals surface area contributed by atoms with E-state index < -0.39 is 0 Å². The van der Waals surface area contributed by atoms with Gasteiger partial charge in [0.15, 0.2) is 0 Å². The standard InChI is InChI=1S/C17H29N3O/c1-13(14-7-9-15(10-8-14)20(5)6)18-12-11-16(21)19-17(2,3)4/h7-10,13,18H,11-12H2,1-6H3,(H,19,21). The van der Waals surface area contributed by atoms with E-state index in [0.29, 0.717) is 13.0 Å². The Kier molecular flexibility index (Phi) is 6.21. The average Bonchev–Trinajstić information content (AvgIpc) is 2.36. The van der Waals surface area contributed by atoms with Gasteiger partial charge in [-0.25, -0.2) is 0 Å². The normalized spacial score (nSPS) is 12.9. The van der Waals surface area contributed by atoms with Crippen LogP contribution in [0.1, 0.15) is 45.7 Å². The van der Waals surface area contributed by atoms with Gasteiger partial charge in [-0.2, -0.15) is 0 Å². The van der Waals surface area contributed by atoms with Gasteiger partial charge in [0, 0.05) is 44.3 Å². The van der Waals surface area contributed by atoms with E-state index in [1.54, 1.807) is 0 Å². The Morgan fingerprint density at radius 2 is 1.76 bits per heavy atom. The highest BCUT2D eigenvalue weighted by Crippen LogP contribution is 2.17. The fraction of sp³-hybridized carbons (Fsp3) is 0.588. The number of carbonyl (C=O) groups is 1. The average molecular weight is 291 g/mol. The highest BCUT2D eigenvalue weighted by molar-refractivity contribution is 5.76. The van der Waals surface area contributed by atoms with E-state index >= 15 is 0 Å². The summed E-state index contributed by atoms with van der Waals surface area (Å²) in [7, 11) is 4.06. The number of benzene rings is 1. The number of anilines is 1. The van der Waals surface area contributed by atoms with Gasteiger partial charge in [0.2, 0.25) is 5.91 Å². The van der Waals surface area contributed by atoms with Crippen LogP contribution < -0.4 is 15.5 Å². The Morgan fingerprint density at radius 3 is 2.24 bits per heavy atom. The van der Waals surface area contributed by atoms with Gasteiger partial charge in [-0.15, -0.1) is 0 Å². The van der Waals surface area contributed by atoms with Crippen LogP contribution in [-0.2, 0) is 4.79 Å². The minimum Gasteiger partial charge on any atom is -0.378 e. The number of rotatable bonds is 6. The van der Waals surface area contributed by atoms with Crippen LogP contribution in [0, 0.1) is 0 Å². The summed E-state index contributed by atoms with van der Waals surface area (Å²) in [5, 5.41) is 6.36. The topological polar surface area (TPSA) is 44.4 Å². The minimum absolute atomic E-state index is 0.0881. The number of nitrogens with one attached hydrogen (secondary N) is 2. The molecule has 1 atom stereocenters. The lowest BCUT2D eigenvalue weighted by Crippen LogP contribution is -2.41. The second kappa shape index (κ2) is 7.46. The van der Waals surface area contributed by atoms with Crippen LogP contribution >= 0.6 is 0 Å². The van der Waals surface area contributed by atoms with Crippen molar-refractivity contribution in [3.63, 3.8) is 0 Å². The first-order valence-corrected chi connectivity index (χ1v) is 7.51. The van der Waals surface area contributed by atoms with E-state index in [9.17, 15) is 4.79 Å². The molecule has 1 unspecified atom stereocenters. The summed E-state index contributed by atoms with van der Waals surface area (Å²) in [5.74, 6) is 0.0881. The number of nitrogens with zero attached hydrogens (tertiary/aromatic N) is 1. The van der Waals surface area contributed by atoms with Gasteiger partial charge in [0.1, 0.15) is 0 Å². The van der Waals surface area contributed by atoms with Gasteiger partial charge >= 0.3 is 0 Å². The Labute approximate surface area is 128 Å². The van der Waals surface area contributed by atoms with E-state index in [1.807, 2.05) is 34.9 Å². The molecule has 0 aliphatic carbocycles. The van der Waals surface area contributed by atoms with Crippen molar-refractivity contribution in [2.24, 2.45) is 0 Å². The molecule has 4 heteroatoms. The largest absolute Gasteiger partial charge is 0.378 e. The lowest BCUT2D eigenvalue weighted by atomic mass is 10.1. The molecule has 1 rings (SSSR count). The molecular formula is C17H29N3O. The molecule has 1 aromatic rings. The van der Waals surface area contributed by atoms with Gasteiger partial charge in [0.05, 0.1) is 0 Å². The lowest BCUT2D eigenvalue weighted by molar-refractivity contribution is -0.122. The van der Waals surface area contributed by atoms with Crippen LogP contribution in [0.5, 0.6) is 0 Å². The lowest BCUT2D eigenvalue weighted by Gasteiger charge is -2.21. The van der Waals surface area contributed by atoms with E-state index in [4.69, 9.17) is 0 Å². The Hall–Kier alpha value is -1.55. The molecule has 0 fully saturated rings. The van der Waals surface area contributed by atoms with Gasteiger partial charge < -0.3 is 15.5 Å². The molecule has 4 nitrogen and oxygen atoms in total. The first-order valence-electron chi connectivity index (χ1n) is 7.51. The molecule has 1 amide bonds. The van der Waals surface area contributed by atoms with E-state index in [0.717, 1.165) is 0 Å². The molecule has 118 valence electrons. The van der Waals surface area contributed by atoms with Crippen molar-refractivity contribution in [2.45, 2.75) is 45.7 Å². The third-order valence-corrected chi connectivity index (χ3v) is 3.23. The first-order chi connectivity index (χ1) is 9.69. The second-order valence-corrected chi connectivity index (χ2v) is 6.71. The molecule has 2 N–H and O–H groups in total. The third kappa shape index (κ3) is 6.63. The third-order valence-electron chi connectivity index (χ3n) is 3.23. The molecule has 1 aromatic carbocycles. The molecule has 0 saturated carbocycles. The summed E-state index contributed by atoms with van der Waals surface area (Å²) >= 11 is 0. The summed E-state index contributed by atoms with van der Waals surface area (Å²) in [6.45, 7) is 8.78. The fourth-order valence-corrected chi connectivity index (χ4v) is 2.06. The van der Waals surface area contributed by atoms with Crippen molar-refractivity contribution in [3.8, 4) is 0 Å². The van der Waals surface area contributed by atoms with Crippen molar-refractivity contribution in [1.29, 1.82) is 0 Å². The maximum absolute atomic E-state index is 11.7. The van der Waals surface area contributed by atoms with Crippen molar-refractivity contribution >= 4 is 11.6 Å². The predicted molar refractivity (Wildman–Crippen MR) is 89.7 cm³/mol. The van der Waals surface area contributed by atoms with Crippen molar-refractivity contribution in [2.75, 3.05) is 25.5 Å². The summed E-state index contributed by atoms with van der Waals surface area (Å²) in [4.78, 5) is 13.8. The van der Waals surface area contributed by atoms with Crippen LogP contribution in [0.2, 0.25) is 0 Å². The van der Waals surface area contributed by atoms with Crippen LogP contribution in [0.15, 0.2) is 24.3 Å². The summed E-state index contributed by atoms with van der Waals surface area (Å²) in [6.07, 6.45) is 0.497. The maximum atomic E-state index is 11.7. The summed E-state index contributed by atoms with van der Waals surface area (Å²) in [6, 6.07) is 8.72. The quantitative estimate of drug-likeness (QED) is 0.847. The Bertz CT molecular complexity index is 446. The van der Waals surface area contributed by atoms with Crippen LogP contribution in [0.4, 0.5) is 5.69 Å². The fourth-order valence-electron chi connectivity index (χ4n) is 2.06. The summed E-state index contributed by atoms with van der Waals surface area (Å²) in [5.41, 5.74) is 2.26. The molecular weight excluding hydrogens is 262 g/mol. The number of amides is 1. The highest BCUT2D eigenvalue weighted by Gasteiger charge is 2.13. The zero-order valence-corrected chi connectivity index (χ0v) is 14.2. The number of hydrogen-bond donors (Lipinski definition) is 2. The van der Waals surface area contributed by atoms with Crippen LogP contribution in [0.3, 0.4) is 0 Å². The first kappa shape index (κ1) is 17.5. The molecule has 0 aromatic heterocycles. The van der Waals surface area contributed by atoms with Gasteiger partial charge in [0.25, 0.3) is 0 Å². The molecule has 0 aliphatic heterocycles. The van der Waals surface area contributed by atoms with E-state index in [2.05, 4.69) is 46.7 Å². The minimum atomic E-state index is -0.162. The molecule has 0 bridgehead atoms.